The predicted molar refractivity (Wildman–Crippen MR) is 109 cm³/mol. The van der Waals surface area contributed by atoms with E-state index in [1.54, 1.807) is 42.2 Å². The van der Waals surface area contributed by atoms with E-state index in [0.717, 1.165) is 12.1 Å². The molecule has 0 unspecified atom stereocenters. The Kier molecular flexibility index (Phi) is 5.39. The number of ether oxygens (including phenoxy) is 1. The molecule has 0 radical (unpaired) electrons. The molecule has 0 fully saturated rings. The zero-order chi connectivity index (χ0) is 22.9. The van der Waals surface area contributed by atoms with Gasteiger partial charge in [-0.25, -0.2) is 0 Å². The largest absolute Gasteiger partial charge is 0.487 e. The molecule has 0 atom stereocenters. The van der Waals surface area contributed by atoms with Crippen LogP contribution in [0.3, 0.4) is 0 Å². The zero-order valence-corrected chi connectivity index (χ0v) is 16.7. The van der Waals surface area contributed by atoms with Gasteiger partial charge >= 0.3 is 6.18 Å². The summed E-state index contributed by atoms with van der Waals surface area (Å²) >= 11 is 0. The monoisotopic (exact) mass is 442 g/mol. The zero-order valence-electron chi connectivity index (χ0n) is 16.7. The van der Waals surface area contributed by atoms with Crippen molar-refractivity contribution >= 4 is 5.84 Å². The molecule has 164 valence electrons. The quantitative estimate of drug-likeness (QED) is 0.344. The maximum Gasteiger partial charge on any atom is 0.416 e. The fraction of sp³-hybridized carbons (Fsp3) is 0.143. The number of nitrogens with two attached hydrogens (primary N) is 1. The second-order valence-electron chi connectivity index (χ2n) is 6.84. The number of nitrogens with one attached hydrogen (secondary N) is 1. The van der Waals surface area contributed by atoms with Crippen LogP contribution in [0.5, 0.6) is 5.75 Å². The number of benzene rings is 2. The Hall–Kier alpha value is -4.15. The predicted octanol–water partition coefficient (Wildman–Crippen LogP) is 4.02. The lowest BCUT2D eigenvalue weighted by Gasteiger charge is -2.10. The highest BCUT2D eigenvalue weighted by Gasteiger charge is 2.30. The first kappa shape index (κ1) is 21.1. The maximum absolute atomic E-state index is 12.7. The Bertz CT molecular complexity index is 1240. The average molecular weight is 442 g/mol. The van der Waals surface area contributed by atoms with Gasteiger partial charge in [0.05, 0.1) is 23.0 Å². The third kappa shape index (κ3) is 4.31. The molecule has 2 heterocycles. The van der Waals surface area contributed by atoms with Crippen LogP contribution in [0.4, 0.5) is 13.2 Å². The summed E-state index contributed by atoms with van der Waals surface area (Å²) in [5.74, 6) is 0.723. The van der Waals surface area contributed by atoms with Gasteiger partial charge in [-0.3, -0.25) is 10.1 Å². The number of hydrogen-bond acceptors (Lipinski definition) is 6. The van der Waals surface area contributed by atoms with Gasteiger partial charge in [-0.1, -0.05) is 12.1 Å². The van der Waals surface area contributed by atoms with Gasteiger partial charge in [0.2, 0.25) is 5.89 Å². The van der Waals surface area contributed by atoms with Crippen LogP contribution >= 0.6 is 0 Å². The minimum Gasteiger partial charge on any atom is -0.487 e. The summed E-state index contributed by atoms with van der Waals surface area (Å²) in [7, 11) is 1.70. The van der Waals surface area contributed by atoms with Crippen molar-refractivity contribution in [2.45, 2.75) is 12.8 Å². The van der Waals surface area contributed by atoms with E-state index < -0.39 is 11.7 Å². The van der Waals surface area contributed by atoms with E-state index in [1.165, 1.54) is 12.1 Å². The summed E-state index contributed by atoms with van der Waals surface area (Å²) in [6, 6.07) is 11.2. The first-order valence-electron chi connectivity index (χ1n) is 9.32. The van der Waals surface area contributed by atoms with Gasteiger partial charge in [0.15, 0.2) is 0 Å². The molecule has 0 amide bonds. The molecule has 4 aromatic rings. The summed E-state index contributed by atoms with van der Waals surface area (Å²) in [6.07, 6.45) is -2.86. The fourth-order valence-electron chi connectivity index (χ4n) is 2.95. The second kappa shape index (κ2) is 8.17. The van der Waals surface area contributed by atoms with E-state index in [2.05, 4.69) is 15.3 Å². The number of hydrogen-bond donors (Lipinski definition) is 2. The Morgan fingerprint density at radius 2 is 1.72 bits per heavy atom. The molecule has 0 aliphatic rings. The van der Waals surface area contributed by atoms with E-state index in [0.29, 0.717) is 22.4 Å². The summed E-state index contributed by atoms with van der Waals surface area (Å²) in [5, 5.41) is 19.8. The van der Waals surface area contributed by atoms with Crippen molar-refractivity contribution in [3.63, 3.8) is 0 Å². The number of nitrogens with zero attached hydrogens (tertiary/aromatic N) is 4. The third-order valence-electron chi connectivity index (χ3n) is 4.72. The molecule has 4 rings (SSSR count). The van der Waals surface area contributed by atoms with E-state index in [9.17, 15) is 13.2 Å². The van der Waals surface area contributed by atoms with Crippen molar-refractivity contribution in [3.8, 4) is 28.7 Å². The van der Waals surface area contributed by atoms with Gasteiger partial charge in [0, 0.05) is 18.2 Å². The van der Waals surface area contributed by atoms with Gasteiger partial charge < -0.3 is 14.9 Å². The van der Waals surface area contributed by atoms with E-state index in [4.69, 9.17) is 20.3 Å². The van der Waals surface area contributed by atoms with Crippen molar-refractivity contribution in [2.24, 2.45) is 12.8 Å². The summed E-state index contributed by atoms with van der Waals surface area (Å²) in [5.41, 5.74) is 7.08. The summed E-state index contributed by atoms with van der Waals surface area (Å²) in [6.45, 7) is 0.0300. The highest BCUT2D eigenvalue weighted by atomic mass is 19.4. The minimum absolute atomic E-state index is 0.0300. The van der Waals surface area contributed by atoms with Crippen LogP contribution in [0.1, 0.15) is 16.8 Å². The first-order chi connectivity index (χ1) is 15.2. The smallest absolute Gasteiger partial charge is 0.416 e. The highest BCUT2D eigenvalue weighted by Crippen LogP contribution is 2.31. The Morgan fingerprint density at radius 3 is 2.34 bits per heavy atom. The summed E-state index contributed by atoms with van der Waals surface area (Å²) in [4.78, 5) is 0. The molecule has 0 spiro atoms. The lowest BCUT2D eigenvalue weighted by molar-refractivity contribution is -0.137. The van der Waals surface area contributed by atoms with E-state index in [-0.39, 0.29) is 30.0 Å². The summed E-state index contributed by atoms with van der Waals surface area (Å²) < 4.78 is 51.1. The van der Waals surface area contributed by atoms with Crippen LogP contribution < -0.4 is 10.5 Å². The van der Waals surface area contributed by atoms with Gasteiger partial charge in [-0.15, -0.1) is 10.2 Å². The molecule has 2 aromatic heterocycles. The second-order valence-corrected chi connectivity index (χ2v) is 6.84. The molecule has 8 nitrogen and oxygen atoms in total. The van der Waals surface area contributed by atoms with Crippen molar-refractivity contribution < 1.29 is 22.3 Å². The van der Waals surface area contributed by atoms with Crippen LogP contribution in [-0.2, 0) is 19.8 Å². The van der Waals surface area contributed by atoms with Crippen LogP contribution in [0, 0.1) is 5.41 Å². The Morgan fingerprint density at radius 1 is 1.06 bits per heavy atom. The van der Waals surface area contributed by atoms with Crippen molar-refractivity contribution in [3.05, 3.63) is 71.5 Å². The Balaban J connectivity index is 1.52. The third-order valence-corrected chi connectivity index (χ3v) is 4.72. The van der Waals surface area contributed by atoms with Gasteiger partial charge in [-0.2, -0.15) is 18.3 Å². The van der Waals surface area contributed by atoms with Crippen molar-refractivity contribution in [2.75, 3.05) is 0 Å². The molecule has 0 saturated heterocycles. The molecule has 2 aromatic carbocycles. The number of alkyl halides is 3. The van der Waals surface area contributed by atoms with E-state index in [1.807, 2.05) is 0 Å². The van der Waals surface area contributed by atoms with Gasteiger partial charge in [0.1, 0.15) is 18.2 Å². The highest BCUT2D eigenvalue weighted by molar-refractivity contribution is 5.95. The molecule has 0 saturated carbocycles. The van der Waals surface area contributed by atoms with Gasteiger partial charge in [-0.05, 0) is 36.4 Å². The van der Waals surface area contributed by atoms with E-state index >= 15 is 0 Å². The van der Waals surface area contributed by atoms with Crippen molar-refractivity contribution in [1.29, 1.82) is 5.41 Å². The van der Waals surface area contributed by atoms with Crippen molar-refractivity contribution in [1.82, 2.24) is 20.0 Å². The fourth-order valence-corrected chi connectivity index (χ4v) is 2.95. The van der Waals surface area contributed by atoms with Crippen LogP contribution in [0.25, 0.3) is 22.9 Å². The minimum atomic E-state index is -4.41. The molecule has 32 heavy (non-hydrogen) atoms. The average Bonchev–Trinajstić information content (AvgIpc) is 3.39. The molecule has 0 aliphatic carbocycles. The Labute approximate surface area is 180 Å². The SMILES string of the molecule is Cn1ncc(-c2nnc(-c3ccc(C(=N)N)cc3)o2)c1COc1ccc(C(F)(F)F)cc1. The number of aryl methyl sites for hydroxylation is 1. The van der Waals surface area contributed by atoms with Gasteiger partial charge in [0.25, 0.3) is 5.89 Å². The molecule has 11 heteroatoms. The maximum atomic E-state index is 12.7. The molecule has 0 bridgehead atoms. The lowest BCUT2D eigenvalue weighted by atomic mass is 10.1. The standard InChI is InChI=1S/C21H17F3N6O2/c1-30-17(11-31-15-8-6-14(7-9-15)21(22,23)24)16(10-27-30)20-29-28-19(32-20)13-4-2-12(3-5-13)18(25)26/h2-10H,11H2,1H3,(H3,25,26). The van der Waals surface area contributed by atoms with Crippen LogP contribution in [0.15, 0.2) is 59.1 Å². The lowest BCUT2D eigenvalue weighted by Crippen LogP contribution is -2.10. The van der Waals surface area contributed by atoms with Crippen LogP contribution in [0.2, 0.25) is 0 Å². The first-order valence-corrected chi connectivity index (χ1v) is 9.32. The number of aromatic nitrogens is 4. The normalized spacial score (nSPS) is 11.5. The molecule has 0 aliphatic heterocycles. The molecular formula is C21H17F3N6O2. The number of rotatable bonds is 6. The number of nitrogen functional groups attached to an aromatic ring is 1. The van der Waals surface area contributed by atoms with Crippen LogP contribution in [-0.4, -0.2) is 25.8 Å². The molecular weight excluding hydrogens is 425 g/mol. The topological polar surface area (TPSA) is 116 Å². The molecule has 3 N–H and O–H groups in total. The number of amidine groups is 1. The number of halogens is 3.